The van der Waals surface area contributed by atoms with Crippen molar-refractivity contribution >= 4 is 12.2 Å². The molecule has 0 aromatic heterocycles. The summed E-state index contributed by atoms with van der Waals surface area (Å²) in [6.07, 6.45) is 5.64. The van der Waals surface area contributed by atoms with Crippen LogP contribution in [0, 0.1) is 11.3 Å². The van der Waals surface area contributed by atoms with E-state index in [1.54, 1.807) is 19.2 Å². The van der Waals surface area contributed by atoms with Gasteiger partial charge < -0.3 is 29.9 Å². The molecule has 2 aromatic rings. The van der Waals surface area contributed by atoms with Gasteiger partial charge in [-0.1, -0.05) is 37.6 Å². The molecule has 6 nitrogen and oxygen atoms in total. The van der Waals surface area contributed by atoms with Gasteiger partial charge in [0.25, 0.3) is 0 Å². The Morgan fingerprint density at radius 1 is 1.00 bits per heavy atom. The van der Waals surface area contributed by atoms with Crippen LogP contribution >= 0.6 is 0 Å². The summed E-state index contributed by atoms with van der Waals surface area (Å²) in [5.41, 5.74) is 2.85. The maximum Gasteiger partial charge on any atom is 0.165 e. The van der Waals surface area contributed by atoms with Crippen LogP contribution in [0.4, 0.5) is 0 Å². The van der Waals surface area contributed by atoms with E-state index in [1.807, 2.05) is 65.0 Å². The Morgan fingerprint density at radius 2 is 1.61 bits per heavy atom. The lowest BCUT2D eigenvalue weighted by Crippen LogP contribution is -2.65. The molecule has 4 atom stereocenters. The highest BCUT2D eigenvalue weighted by molar-refractivity contribution is 5.73. The average Bonchev–Trinajstić information content (AvgIpc) is 2.80. The summed E-state index contributed by atoms with van der Waals surface area (Å²) in [5, 5.41) is 42.5. The number of fused-ring (bicyclic) bond motifs is 2. The number of aliphatic hydroxyl groups is 2. The number of aliphatic hydroxyl groups excluding tert-OH is 2. The molecule has 194 valence electrons. The quantitative estimate of drug-likeness (QED) is 0.335. The Balaban J connectivity index is 1.67. The first-order chi connectivity index (χ1) is 16.9. The van der Waals surface area contributed by atoms with E-state index in [1.165, 1.54) is 0 Å². The third kappa shape index (κ3) is 4.60. The van der Waals surface area contributed by atoms with Crippen LogP contribution in [0.2, 0.25) is 0 Å². The molecule has 0 radical (unpaired) electrons. The molecule has 0 bridgehead atoms. The maximum atomic E-state index is 10.9. The van der Waals surface area contributed by atoms with Gasteiger partial charge in [-0.15, -0.1) is 0 Å². The number of phenolic OH excluding ortho intramolecular Hbond substituents is 2. The standard InChI is InChI=1S/C30H38O6/c1-17(2)7-10-21-22(31)12-19(13-23(21)32)9-8-18-11-20-15-25-29(3,4)26(33)16-27(34)30(25,5)36-28(20)24(14-18)35-6/h7-9,11-14,25-27,31-34H,10,15-16H2,1-6H3/b9-8+/t25-,26-,27+,30+/m1/s1. The van der Waals surface area contributed by atoms with Crippen LogP contribution in [-0.4, -0.2) is 45.3 Å². The smallest absolute Gasteiger partial charge is 0.165 e. The SMILES string of the molecule is COc1cc(/C=C/c2cc(O)c(CC=C(C)C)c(O)c2)cc2c1O[C@@]1(C)[C@H](C2)C(C)(C)[C@H](O)C[C@@H]1O. The topological polar surface area (TPSA) is 99.4 Å². The Hall–Kier alpha value is -2.96. The van der Waals surface area contributed by atoms with Gasteiger partial charge in [0.1, 0.15) is 17.1 Å². The molecule has 1 aliphatic carbocycles. The number of benzene rings is 2. The van der Waals surface area contributed by atoms with E-state index in [0.717, 1.165) is 16.7 Å². The van der Waals surface area contributed by atoms with E-state index >= 15 is 0 Å². The Bertz CT molecular complexity index is 1180. The maximum absolute atomic E-state index is 10.9. The lowest BCUT2D eigenvalue weighted by Gasteiger charge is -2.57. The number of aromatic hydroxyl groups is 2. The van der Waals surface area contributed by atoms with Gasteiger partial charge >= 0.3 is 0 Å². The van der Waals surface area contributed by atoms with E-state index in [4.69, 9.17) is 9.47 Å². The normalized spacial score (nSPS) is 26.6. The van der Waals surface area contributed by atoms with Crippen LogP contribution in [0.25, 0.3) is 12.2 Å². The second kappa shape index (κ2) is 9.49. The summed E-state index contributed by atoms with van der Waals surface area (Å²) in [5.74, 6) is 1.21. The third-order valence-corrected chi connectivity index (χ3v) is 8.08. The first-order valence-electron chi connectivity index (χ1n) is 12.5. The molecule has 0 unspecified atom stereocenters. The summed E-state index contributed by atoms with van der Waals surface area (Å²) >= 11 is 0. The van der Waals surface area contributed by atoms with Crippen LogP contribution < -0.4 is 9.47 Å². The number of hydrogen-bond acceptors (Lipinski definition) is 6. The summed E-state index contributed by atoms with van der Waals surface area (Å²) in [6.45, 7) is 9.93. The van der Waals surface area contributed by atoms with Crippen molar-refractivity contribution in [2.75, 3.05) is 7.11 Å². The summed E-state index contributed by atoms with van der Waals surface area (Å²) in [7, 11) is 1.59. The van der Waals surface area contributed by atoms with Crippen molar-refractivity contribution in [3.05, 3.63) is 58.2 Å². The molecular weight excluding hydrogens is 456 g/mol. The number of allylic oxidation sites excluding steroid dienone is 2. The van der Waals surface area contributed by atoms with Gasteiger partial charge in [0.05, 0.1) is 19.3 Å². The fourth-order valence-electron chi connectivity index (χ4n) is 5.66. The lowest BCUT2D eigenvalue weighted by molar-refractivity contribution is -0.196. The molecule has 36 heavy (non-hydrogen) atoms. The number of ether oxygens (including phenoxy) is 2. The minimum atomic E-state index is -0.831. The number of rotatable bonds is 5. The molecule has 1 heterocycles. The first-order valence-corrected chi connectivity index (χ1v) is 12.5. The summed E-state index contributed by atoms with van der Waals surface area (Å²) < 4.78 is 12.1. The fourth-order valence-corrected chi connectivity index (χ4v) is 5.66. The number of methoxy groups -OCH3 is 1. The zero-order valence-corrected chi connectivity index (χ0v) is 22.0. The molecule has 1 aliphatic heterocycles. The molecule has 1 saturated carbocycles. The third-order valence-electron chi connectivity index (χ3n) is 8.08. The van der Waals surface area contributed by atoms with Gasteiger partial charge in [0, 0.05) is 17.9 Å². The Labute approximate surface area is 213 Å². The number of phenols is 2. The largest absolute Gasteiger partial charge is 0.507 e. The second-order valence-corrected chi connectivity index (χ2v) is 11.2. The van der Waals surface area contributed by atoms with Gasteiger partial charge in [0.15, 0.2) is 11.5 Å². The van der Waals surface area contributed by atoms with Crippen molar-refractivity contribution in [1.82, 2.24) is 0 Å². The van der Waals surface area contributed by atoms with Gasteiger partial charge in [-0.05, 0) is 80.0 Å². The van der Waals surface area contributed by atoms with Crippen molar-refractivity contribution in [2.24, 2.45) is 11.3 Å². The molecule has 0 saturated heterocycles. The summed E-state index contributed by atoms with van der Waals surface area (Å²) in [4.78, 5) is 0. The minimum absolute atomic E-state index is 0.0551. The minimum Gasteiger partial charge on any atom is -0.507 e. The summed E-state index contributed by atoms with van der Waals surface area (Å²) in [6, 6.07) is 7.18. The molecule has 2 aliphatic rings. The molecule has 6 heteroatoms. The highest BCUT2D eigenvalue weighted by Gasteiger charge is 2.59. The highest BCUT2D eigenvalue weighted by atomic mass is 16.5. The molecular formula is C30H38O6. The fraction of sp³-hybridized carbons (Fsp3) is 0.467. The average molecular weight is 495 g/mol. The van der Waals surface area contributed by atoms with E-state index in [9.17, 15) is 20.4 Å². The van der Waals surface area contributed by atoms with Crippen molar-refractivity contribution in [1.29, 1.82) is 0 Å². The van der Waals surface area contributed by atoms with E-state index in [-0.39, 0.29) is 23.8 Å². The highest BCUT2D eigenvalue weighted by Crippen LogP contribution is 2.55. The molecule has 1 fully saturated rings. The van der Waals surface area contributed by atoms with Crippen LogP contribution in [-0.2, 0) is 12.8 Å². The van der Waals surface area contributed by atoms with Crippen molar-refractivity contribution in [3.8, 4) is 23.0 Å². The van der Waals surface area contributed by atoms with E-state index < -0.39 is 23.2 Å². The van der Waals surface area contributed by atoms with E-state index in [0.29, 0.717) is 35.5 Å². The molecule has 2 aromatic carbocycles. The van der Waals surface area contributed by atoms with Crippen LogP contribution in [0.15, 0.2) is 35.9 Å². The second-order valence-electron chi connectivity index (χ2n) is 11.2. The molecule has 0 spiro atoms. The van der Waals surface area contributed by atoms with Gasteiger partial charge in [-0.2, -0.15) is 0 Å². The Morgan fingerprint density at radius 3 is 2.19 bits per heavy atom. The van der Waals surface area contributed by atoms with Gasteiger partial charge in [-0.3, -0.25) is 0 Å². The van der Waals surface area contributed by atoms with Crippen molar-refractivity contribution in [2.45, 2.75) is 71.7 Å². The van der Waals surface area contributed by atoms with E-state index in [2.05, 4.69) is 0 Å². The van der Waals surface area contributed by atoms with Gasteiger partial charge in [0.2, 0.25) is 0 Å². The molecule has 4 rings (SSSR count). The zero-order valence-electron chi connectivity index (χ0n) is 22.0. The lowest BCUT2D eigenvalue weighted by atomic mass is 9.56. The van der Waals surface area contributed by atoms with Crippen LogP contribution in [0.3, 0.4) is 0 Å². The number of hydrogen-bond donors (Lipinski definition) is 4. The van der Waals surface area contributed by atoms with Gasteiger partial charge in [-0.25, -0.2) is 0 Å². The molecule has 0 amide bonds. The van der Waals surface area contributed by atoms with Crippen LogP contribution in [0.1, 0.15) is 63.3 Å². The van der Waals surface area contributed by atoms with Crippen LogP contribution in [0.5, 0.6) is 23.0 Å². The predicted molar refractivity (Wildman–Crippen MR) is 141 cm³/mol. The zero-order chi connectivity index (χ0) is 26.4. The molecule has 4 N–H and O–H groups in total. The monoisotopic (exact) mass is 494 g/mol. The van der Waals surface area contributed by atoms with Crippen molar-refractivity contribution in [3.63, 3.8) is 0 Å². The first kappa shape index (κ1) is 26.1. The van der Waals surface area contributed by atoms with Crippen molar-refractivity contribution < 1.29 is 29.9 Å². The Kier molecular flexibility index (Phi) is 6.88. The predicted octanol–water partition coefficient (Wildman–Crippen LogP) is 5.25.